The maximum Gasteiger partial charge on any atom is 0.191 e. The number of para-hydroxylation sites is 1. The second-order valence-electron chi connectivity index (χ2n) is 7.96. The van der Waals surface area contributed by atoms with Crippen molar-refractivity contribution in [3.05, 3.63) is 53.7 Å². The number of aromatic nitrogens is 1. The van der Waals surface area contributed by atoms with Gasteiger partial charge in [-0.05, 0) is 51.1 Å². The molecule has 0 saturated carbocycles. The van der Waals surface area contributed by atoms with Crippen LogP contribution in [0.2, 0.25) is 0 Å². The third-order valence-electron chi connectivity index (χ3n) is 5.54. The van der Waals surface area contributed by atoms with E-state index in [9.17, 15) is 0 Å². The summed E-state index contributed by atoms with van der Waals surface area (Å²) in [5.74, 6) is 2.68. The number of pyridine rings is 1. The van der Waals surface area contributed by atoms with Crippen molar-refractivity contribution < 1.29 is 4.74 Å². The Morgan fingerprint density at radius 3 is 2.61 bits per heavy atom. The van der Waals surface area contributed by atoms with Gasteiger partial charge < -0.3 is 20.3 Å². The normalized spacial score (nSPS) is 15.5. The number of rotatable bonds is 9. The van der Waals surface area contributed by atoms with Crippen LogP contribution >= 0.6 is 0 Å². The van der Waals surface area contributed by atoms with Crippen LogP contribution in [0.5, 0.6) is 5.75 Å². The maximum absolute atomic E-state index is 5.66. The molecule has 31 heavy (non-hydrogen) atoms. The van der Waals surface area contributed by atoms with Gasteiger partial charge in [0.05, 0.1) is 25.4 Å². The maximum atomic E-state index is 5.66. The smallest absolute Gasteiger partial charge is 0.191 e. The quantitative estimate of drug-likeness (QED) is 0.477. The fourth-order valence-corrected chi connectivity index (χ4v) is 3.93. The first-order valence-corrected chi connectivity index (χ1v) is 11.1. The van der Waals surface area contributed by atoms with Crippen molar-refractivity contribution in [1.29, 1.82) is 0 Å². The number of hydrogen-bond acceptors (Lipinski definition) is 5. The Hall–Kier alpha value is -2.80. The van der Waals surface area contributed by atoms with Crippen LogP contribution in [0.4, 0.5) is 5.82 Å². The average Bonchev–Trinajstić information content (AvgIpc) is 3.32. The largest absolute Gasteiger partial charge is 0.496 e. The predicted molar refractivity (Wildman–Crippen MR) is 128 cm³/mol. The molecule has 0 spiro atoms. The standard InChI is InChI=1S/C24H36N6O/c1-5-25-24(26-17-19-11-10-14-23(28-19)29(2)3)27-18-21(30-15-8-9-16-30)20-12-6-7-13-22(20)31-4/h6-7,10-14,21H,5,8-9,15-18H2,1-4H3,(H2,25,26,27). The van der Waals surface area contributed by atoms with Crippen LogP contribution in [0, 0.1) is 0 Å². The number of ether oxygens (including phenoxy) is 1. The summed E-state index contributed by atoms with van der Waals surface area (Å²) in [5.41, 5.74) is 2.17. The molecule has 1 aliphatic heterocycles. The predicted octanol–water partition coefficient (Wildman–Crippen LogP) is 3.05. The molecule has 0 aliphatic carbocycles. The summed E-state index contributed by atoms with van der Waals surface area (Å²) in [4.78, 5) is 14.0. The summed E-state index contributed by atoms with van der Waals surface area (Å²) >= 11 is 0. The number of benzene rings is 1. The summed E-state index contributed by atoms with van der Waals surface area (Å²) < 4.78 is 5.66. The van der Waals surface area contributed by atoms with E-state index in [0.29, 0.717) is 6.54 Å². The van der Waals surface area contributed by atoms with Crippen molar-refractivity contribution >= 4 is 11.8 Å². The Bertz CT molecular complexity index is 847. The van der Waals surface area contributed by atoms with E-state index in [0.717, 1.165) is 49.4 Å². The first kappa shape index (κ1) is 22.9. The Morgan fingerprint density at radius 2 is 1.90 bits per heavy atom. The fourth-order valence-electron chi connectivity index (χ4n) is 3.93. The number of likely N-dealkylation sites (tertiary alicyclic amines) is 1. The third-order valence-corrected chi connectivity index (χ3v) is 5.54. The molecule has 3 rings (SSSR count). The lowest BCUT2D eigenvalue weighted by molar-refractivity contribution is 0.239. The minimum Gasteiger partial charge on any atom is -0.496 e. The molecule has 2 N–H and O–H groups in total. The van der Waals surface area contributed by atoms with Crippen molar-refractivity contribution in [3.63, 3.8) is 0 Å². The topological polar surface area (TPSA) is 65.0 Å². The van der Waals surface area contributed by atoms with Gasteiger partial charge in [-0.3, -0.25) is 4.90 Å². The molecule has 1 fully saturated rings. The molecule has 1 atom stereocenters. The molecule has 1 unspecified atom stereocenters. The summed E-state index contributed by atoms with van der Waals surface area (Å²) in [6, 6.07) is 14.6. The zero-order chi connectivity index (χ0) is 22.1. The molecular formula is C24H36N6O. The molecule has 0 amide bonds. The van der Waals surface area contributed by atoms with Gasteiger partial charge >= 0.3 is 0 Å². The first-order valence-electron chi connectivity index (χ1n) is 11.1. The van der Waals surface area contributed by atoms with E-state index < -0.39 is 0 Å². The average molecular weight is 425 g/mol. The Kier molecular flexibility index (Phi) is 8.53. The van der Waals surface area contributed by atoms with Crippen LogP contribution in [-0.2, 0) is 6.54 Å². The minimum atomic E-state index is 0.234. The SMILES string of the molecule is CCNC(=NCc1cccc(N(C)C)n1)NCC(c1ccccc1OC)N1CCCC1. The number of aliphatic imine (C=N–C) groups is 1. The monoisotopic (exact) mass is 424 g/mol. The van der Waals surface area contributed by atoms with Gasteiger partial charge in [0.2, 0.25) is 0 Å². The van der Waals surface area contributed by atoms with Crippen molar-refractivity contribution in [2.75, 3.05) is 52.3 Å². The zero-order valence-electron chi connectivity index (χ0n) is 19.3. The highest BCUT2D eigenvalue weighted by molar-refractivity contribution is 5.79. The Balaban J connectivity index is 1.74. The Labute approximate surface area is 186 Å². The van der Waals surface area contributed by atoms with Crippen LogP contribution in [0.15, 0.2) is 47.5 Å². The number of anilines is 1. The lowest BCUT2D eigenvalue weighted by Crippen LogP contribution is -2.42. The second kappa shape index (κ2) is 11.6. The summed E-state index contributed by atoms with van der Waals surface area (Å²) in [6.45, 7) is 6.40. The molecule has 1 saturated heterocycles. The number of hydrogen-bond donors (Lipinski definition) is 2. The molecule has 1 aliphatic rings. The van der Waals surface area contributed by atoms with Crippen LogP contribution in [0.1, 0.15) is 37.1 Å². The zero-order valence-corrected chi connectivity index (χ0v) is 19.3. The van der Waals surface area contributed by atoms with Crippen LogP contribution in [-0.4, -0.2) is 63.2 Å². The lowest BCUT2D eigenvalue weighted by Gasteiger charge is -2.30. The van der Waals surface area contributed by atoms with Crippen molar-refractivity contribution in [2.45, 2.75) is 32.4 Å². The van der Waals surface area contributed by atoms with Crippen LogP contribution in [0.3, 0.4) is 0 Å². The van der Waals surface area contributed by atoms with E-state index in [4.69, 9.17) is 9.73 Å². The molecule has 1 aromatic carbocycles. The highest BCUT2D eigenvalue weighted by atomic mass is 16.5. The van der Waals surface area contributed by atoms with Crippen molar-refractivity contribution in [1.82, 2.24) is 20.5 Å². The van der Waals surface area contributed by atoms with Crippen LogP contribution < -0.4 is 20.3 Å². The molecular weight excluding hydrogens is 388 g/mol. The number of guanidine groups is 1. The molecule has 2 heterocycles. The summed E-state index contributed by atoms with van der Waals surface area (Å²) in [5, 5.41) is 6.93. The van der Waals surface area contributed by atoms with E-state index in [1.807, 2.05) is 49.3 Å². The van der Waals surface area contributed by atoms with Gasteiger partial charge in [0, 0.05) is 32.7 Å². The number of nitrogens with zero attached hydrogens (tertiary/aromatic N) is 4. The van der Waals surface area contributed by atoms with E-state index in [2.05, 4.69) is 39.6 Å². The molecule has 1 aromatic heterocycles. The second-order valence-corrected chi connectivity index (χ2v) is 7.96. The molecule has 0 radical (unpaired) electrons. The van der Waals surface area contributed by atoms with E-state index in [1.165, 1.54) is 18.4 Å². The van der Waals surface area contributed by atoms with Crippen molar-refractivity contribution in [2.24, 2.45) is 4.99 Å². The molecule has 7 heteroatoms. The van der Waals surface area contributed by atoms with Gasteiger partial charge in [0.25, 0.3) is 0 Å². The third kappa shape index (κ3) is 6.34. The van der Waals surface area contributed by atoms with Gasteiger partial charge in [-0.2, -0.15) is 0 Å². The van der Waals surface area contributed by atoms with Gasteiger partial charge in [-0.1, -0.05) is 24.3 Å². The van der Waals surface area contributed by atoms with E-state index in [1.54, 1.807) is 7.11 Å². The molecule has 7 nitrogen and oxygen atoms in total. The fraction of sp³-hybridized carbons (Fsp3) is 0.500. The highest BCUT2D eigenvalue weighted by Gasteiger charge is 2.26. The Morgan fingerprint density at radius 1 is 1.13 bits per heavy atom. The van der Waals surface area contributed by atoms with Gasteiger partial charge in [0.1, 0.15) is 11.6 Å². The lowest BCUT2D eigenvalue weighted by atomic mass is 10.0. The van der Waals surface area contributed by atoms with Crippen LogP contribution in [0.25, 0.3) is 0 Å². The minimum absolute atomic E-state index is 0.234. The van der Waals surface area contributed by atoms with E-state index >= 15 is 0 Å². The van der Waals surface area contributed by atoms with Gasteiger partial charge in [0.15, 0.2) is 5.96 Å². The summed E-state index contributed by atoms with van der Waals surface area (Å²) in [6.07, 6.45) is 2.49. The molecule has 168 valence electrons. The van der Waals surface area contributed by atoms with E-state index in [-0.39, 0.29) is 6.04 Å². The highest BCUT2D eigenvalue weighted by Crippen LogP contribution is 2.31. The summed E-state index contributed by atoms with van der Waals surface area (Å²) in [7, 11) is 5.74. The van der Waals surface area contributed by atoms with Gasteiger partial charge in [-0.15, -0.1) is 0 Å². The molecule has 0 bridgehead atoms. The van der Waals surface area contributed by atoms with Crippen molar-refractivity contribution in [3.8, 4) is 5.75 Å². The van der Waals surface area contributed by atoms with Gasteiger partial charge in [-0.25, -0.2) is 9.98 Å². The number of nitrogens with one attached hydrogen (secondary N) is 2. The number of methoxy groups -OCH3 is 1. The molecule has 2 aromatic rings. The first-order chi connectivity index (χ1) is 15.1.